The quantitative estimate of drug-likeness (QED) is 0.750. The monoisotopic (exact) mass is 214 g/mol. The molecule has 0 saturated carbocycles. The van der Waals surface area contributed by atoms with Crippen LogP contribution < -0.4 is 0 Å². The second-order valence-electron chi connectivity index (χ2n) is 3.86. The largest absolute Gasteiger partial charge is 0.376 e. The number of nitrogens with zero attached hydrogens (tertiary/aromatic N) is 4. The van der Waals surface area contributed by atoms with Crippen molar-refractivity contribution in [1.29, 1.82) is 5.26 Å². The number of pyridine rings is 1. The first kappa shape index (κ1) is 9.31. The fourth-order valence-electron chi connectivity index (χ4n) is 1.79. The Bertz CT molecular complexity index is 565. The predicted octanol–water partition coefficient (Wildman–Crippen LogP) is 1.09. The smallest absolute Gasteiger partial charge is 0.159 e. The van der Waals surface area contributed by atoms with Crippen LogP contribution in [0.1, 0.15) is 12.0 Å². The first-order valence-corrected chi connectivity index (χ1v) is 5.19. The maximum absolute atomic E-state index is 8.75. The molecule has 0 N–H and O–H groups in total. The predicted molar refractivity (Wildman–Crippen MR) is 56.6 cm³/mol. The lowest BCUT2D eigenvalue weighted by molar-refractivity contribution is -0.0587. The molecule has 80 valence electrons. The van der Waals surface area contributed by atoms with Crippen molar-refractivity contribution in [3.05, 3.63) is 24.2 Å². The van der Waals surface area contributed by atoms with Gasteiger partial charge in [-0.25, -0.2) is 9.97 Å². The van der Waals surface area contributed by atoms with Crippen LogP contribution >= 0.6 is 0 Å². The van der Waals surface area contributed by atoms with Crippen molar-refractivity contribution >= 4 is 11.2 Å². The Kier molecular flexibility index (Phi) is 2.08. The molecule has 3 rings (SSSR count). The maximum atomic E-state index is 8.75. The fraction of sp³-hybridized carbons (Fsp3) is 0.364. The average molecular weight is 214 g/mol. The van der Waals surface area contributed by atoms with Gasteiger partial charge in [-0.15, -0.1) is 0 Å². The lowest BCUT2D eigenvalue weighted by Crippen LogP contribution is -2.31. The molecular formula is C11H10N4O. The molecule has 0 bridgehead atoms. The highest BCUT2D eigenvalue weighted by Gasteiger charge is 2.19. The molecule has 2 aromatic rings. The zero-order chi connectivity index (χ0) is 11.0. The molecule has 1 fully saturated rings. The summed E-state index contributed by atoms with van der Waals surface area (Å²) in [6.45, 7) is 1.64. The minimum atomic E-state index is 0.287. The van der Waals surface area contributed by atoms with E-state index in [1.165, 1.54) is 0 Å². The fourth-order valence-corrected chi connectivity index (χ4v) is 1.79. The van der Waals surface area contributed by atoms with Crippen LogP contribution in [-0.2, 0) is 11.3 Å². The van der Waals surface area contributed by atoms with Gasteiger partial charge in [-0.2, -0.15) is 5.26 Å². The summed E-state index contributed by atoms with van der Waals surface area (Å²) in [5, 5.41) is 8.75. The molecule has 1 atom stereocenters. The van der Waals surface area contributed by atoms with Crippen LogP contribution in [0.2, 0.25) is 0 Å². The van der Waals surface area contributed by atoms with E-state index in [1.807, 2.05) is 4.57 Å². The second kappa shape index (κ2) is 3.58. The number of aromatic nitrogens is 3. The zero-order valence-corrected chi connectivity index (χ0v) is 8.63. The Morgan fingerprint density at radius 2 is 2.44 bits per heavy atom. The number of rotatable bonds is 2. The Labute approximate surface area is 92.3 Å². The van der Waals surface area contributed by atoms with Crippen molar-refractivity contribution in [2.75, 3.05) is 6.61 Å². The van der Waals surface area contributed by atoms with E-state index >= 15 is 0 Å². The first-order chi connectivity index (χ1) is 7.86. The standard InChI is InChI=1S/C11H10N4O/c12-4-8-3-10-11(13-5-8)15(7-14-10)6-9-1-2-16-9/h3,5,7,9H,1-2,6H2. The van der Waals surface area contributed by atoms with Crippen LogP contribution in [-0.4, -0.2) is 27.2 Å². The van der Waals surface area contributed by atoms with Gasteiger partial charge in [-0.05, 0) is 12.5 Å². The van der Waals surface area contributed by atoms with Crippen molar-refractivity contribution < 1.29 is 4.74 Å². The third-order valence-corrected chi connectivity index (χ3v) is 2.78. The van der Waals surface area contributed by atoms with Gasteiger partial charge in [0.25, 0.3) is 0 Å². The van der Waals surface area contributed by atoms with E-state index in [4.69, 9.17) is 10.00 Å². The average Bonchev–Trinajstić information content (AvgIpc) is 2.65. The van der Waals surface area contributed by atoms with Crippen molar-refractivity contribution in [2.45, 2.75) is 19.1 Å². The van der Waals surface area contributed by atoms with Gasteiger partial charge in [0.15, 0.2) is 5.65 Å². The number of hydrogen-bond donors (Lipinski definition) is 0. The van der Waals surface area contributed by atoms with Gasteiger partial charge in [-0.3, -0.25) is 0 Å². The molecule has 1 aliphatic heterocycles. The van der Waals surface area contributed by atoms with E-state index in [1.54, 1.807) is 18.6 Å². The minimum absolute atomic E-state index is 0.287. The van der Waals surface area contributed by atoms with Crippen LogP contribution in [0.15, 0.2) is 18.6 Å². The third kappa shape index (κ3) is 1.44. The summed E-state index contributed by atoms with van der Waals surface area (Å²) in [6.07, 6.45) is 4.70. The lowest BCUT2D eigenvalue weighted by Gasteiger charge is -2.26. The number of fused-ring (bicyclic) bond motifs is 1. The molecule has 5 heteroatoms. The van der Waals surface area contributed by atoms with Gasteiger partial charge in [-0.1, -0.05) is 0 Å². The molecule has 1 saturated heterocycles. The molecule has 1 aliphatic rings. The highest BCUT2D eigenvalue weighted by Crippen LogP contribution is 2.17. The van der Waals surface area contributed by atoms with Gasteiger partial charge >= 0.3 is 0 Å². The molecular weight excluding hydrogens is 204 g/mol. The van der Waals surface area contributed by atoms with Gasteiger partial charge in [0.1, 0.15) is 11.6 Å². The first-order valence-electron chi connectivity index (χ1n) is 5.19. The van der Waals surface area contributed by atoms with Crippen LogP contribution in [0, 0.1) is 11.3 Å². The molecule has 0 spiro atoms. The number of nitriles is 1. The van der Waals surface area contributed by atoms with Crippen LogP contribution in [0.3, 0.4) is 0 Å². The molecule has 1 unspecified atom stereocenters. The SMILES string of the molecule is N#Cc1cnc2c(c1)ncn2CC1CCO1. The van der Waals surface area contributed by atoms with E-state index in [9.17, 15) is 0 Å². The normalized spacial score (nSPS) is 19.3. The Morgan fingerprint density at radius 3 is 3.12 bits per heavy atom. The Hall–Kier alpha value is -1.93. The summed E-state index contributed by atoms with van der Waals surface area (Å²) >= 11 is 0. The summed E-state index contributed by atoms with van der Waals surface area (Å²) in [5.74, 6) is 0. The molecule has 0 radical (unpaired) electrons. The molecule has 2 aromatic heterocycles. The summed E-state index contributed by atoms with van der Waals surface area (Å²) in [5.41, 5.74) is 2.12. The van der Waals surface area contributed by atoms with Crippen LogP contribution in [0.5, 0.6) is 0 Å². The molecule has 3 heterocycles. The minimum Gasteiger partial charge on any atom is -0.376 e. The summed E-state index contributed by atoms with van der Waals surface area (Å²) < 4.78 is 7.34. The highest BCUT2D eigenvalue weighted by molar-refractivity contribution is 5.72. The molecule has 0 amide bonds. The van der Waals surface area contributed by atoms with Crippen molar-refractivity contribution in [2.24, 2.45) is 0 Å². The molecule has 16 heavy (non-hydrogen) atoms. The van der Waals surface area contributed by atoms with E-state index < -0.39 is 0 Å². The van der Waals surface area contributed by atoms with Crippen molar-refractivity contribution in [3.63, 3.8) is 0 Å². The van der Waals surface area contributed by atoms with E-state index in [0.29, 0.717) is 5.56 Å². The van der Waals surface area contributed by atoms with Gasteiger partial charge < -0.3 is 9.30 Å². The number of imidazole rings is 1. The van der Waals surface area contributed by atoms with Crippen molar-refractivity contribution in [3.8, 4) is 6.07 Å². The Morgan fingerprint density at radius 1 is 1.56 bits per heavy atom. The van der Waals surface area contributed by atoms with E-state index in [-0.39, 0.29) is 6.10 Å². The van der Waals surface area contributed by atoms with Gasteiger partial charge in [0.2, 0.25) is 0 Å². The topological polar surface area (TPSA) is 63.7 Å². The maximum Gasteiger partial charge on any atom is 0.159 e. The molecule has 0 aliphatic carbocycles. The van der Waals surface area contributed by atoms with E-state index in [2.05, 4.69) is 16.0 Å². The lowest BCUT2D eigenvalue weighted by atomic mass is 10.2. The number of hydrogen-bond acceptors (Lipinski definition) is 4. The van der Waals surface area contributed by atoms with Gasteiger partial charge in [0.05, 0.1) is 24.5 Å². The summed E-state index contributed by atoms with van der Waals surface area (Å²) in [6, 6.07) is 3.81. The van der Waals surface area contributed by atoms with Crippen molar-refractivity contribution in [1.82, 2.24) is 14.5 Å². The van der Waals surface area contributed by atoms with Crippen LogP contribution in [0.4, 0.5) is 0 Å². The molecule has 0 aromatic carbocycles. The zero-order valence-electron chi connectivity index (χ0n) is 8.63. The van der Waals surface area contributed by atoms with E-state index in [0.717, 1.165) is 30.7 Å². The Balaban J connectivity index is 1.97. The third-order valence-electron chi connectivity index (χ3n) is 2.78. The molecule has 5 nitrogen and oxygen atoms in total. The number of ether oxygens (including phenoxy) is 1. The van der Waals surface area contributed by atoms with Gasteiger partial charge in [0, 0.05) is 12.8 Å². The summed E-state index contributed by atoms with van der Waals surface area (Å²) in [7, 11) is 0. The summed E-state index contributed by atoms with van der Waals surface area (Å²) in [4.78, 5) is 8.48. The highest BCUT2D eigenvalue weighted by atomic mass is 16.5. The van der Waals surface area contributed by atoms with Crippen LogP contribution in [0.25, 0.3) is 11.2 Å². The second-order valence-corrected chi connectivity index (χ2v) is 3.86.